The van der Waals surface area contributed by atoms with Crippen LogP contribution in [0.3, 0.4) is 0 Å². The molecule has 146 valence electrons. The van der Waals surface area contributed by atoms with Gasteiger partial charge in [-0.25, -0.2) is 4.79 Å². The van der Waals surface area contributed by atoms with E-state index in [-0.39, 0.29) is 18.4 Å². The molecule has 2 aliphatic rings. The first kappa shape index (κ1) is 20.3. The highest BCUT2D eigenvalue weighted by atomic mass is 16.6. The molecule has 2 N–H and O–H groups in total. The Hall–Kier alpha value is -2.05. The fraction of sp³-hybridized carbons (Fsp3) is 0.737. The van der Waals surface area contributed by atoms with Crippen molar-refractivity contribution in [3.63, 3.8) is 0 Å². The van der Waals surface area contributed by atoms with Crippen molar-refractivity contribution < 1.29 is 19.1 Å². The first-order valence-electron chi connectivity index (χ1n) is 9.43. The number of rotatable bonds is 6. The van der Waals surface area contributed by atoms with Gasteiger partial charge in [-0.2, -0.15) is 0 Å². The summed E-state index contributed by atoms with van der Waals surface area (Å²) in [6, 6.07) is 0. The van der Waals surface area contributed by atoms with E-state index >= 15 is 0 Å². The summed E-state index contributed by atoms with van der Waals surface area (Å²) in [7, 11) is 0. The Morgan fingerprint density at radius 1 is 1.08 bits per heavy atom. The van der Waals surface area contributed by atoms with Crippen LogP contribution in [0, 0.1) is 11.8 Å². The summed E-state index contributed by atoms with van der Waals surface area (Å²) in [4.78, 5) is 37.3. The lowest BCUT2D eigenvalue weighted by molar-refractivity contribution is -0.127. The van der Waals surface area contributed by atoms with Crippen molar-refractivity contribution >= 4 is 17.9 Å². The molecule has 1 heterocycles. The predicted octanol–water partition coefficient (Wildman–Crippen LogP) is 1.83. The van der Waals surface area contributed by atoms with E-state index in [0.717, 1.165) is 25.9 Å². The van der Waals surface area contributed by atoms with Crippen molar-refractivity contribution in [3.05, 3.63) is 12.2 Å². The van der Waals surface area contributed by atoms with Crippen molar-refractivity contribution in [2.75, 3.05) is 26.2 Å². The van der Waals surface area contributed by atoms with Crippen molar-refractivity contribution in [3.8, 4) is 0 Å². The van der Waals surface area contributed by atoms with Gasteiger partial charge in [-0.1, -0.05) is 6.08 Å². The number of carbonyl (C=O) groups is 3. The van der Waals surface area contributed by atoms with Crippen LogP contribution in [0.1, 0.15) is 46.5 Å². The van der Waals surface area contributed by atoms with Crippen LogP contribution in [0.4, 0.5) is 4.79 Å². The maximum Gasteiger partial charge on any atom is 0.408 e. The van der Waals surface area contributed by atoms with Crippen LogP contribution in [-0.4, -0.2) is 54.6 Å². The summed E-state index contributed by atoms with van der Waals surface area (Å²) in [5.74, 6) is 0.834. The van der Waals surface area contributed by atoms with Crippen LogP contribution in [0.25, 0.3) is 0 Å². The Labute approximate surface area is 155 Å². The molecule has 0 spiro atoms. The second kappa shape index (κ2) is 9.05. The van der Waals surface area contributed by atoms with Crippen molar-refractivity contribution in [1.29, 1.82) is 0 Å². The Kier molecular flexibility index (Phi) is 7.06. The Morgan fingerprint density at radius 3 is 2.31 bits per heavy atom. The molecule has 26 heavy (non-hydrogen) atoms. The fourth-order valence-corrected chi connectivity index (χ4v) is 2.76. The summed E-state index contributed by atoms with van der Waals surface area (Å²) < 4.78 is 5.08. The van der Waals surface area contributed by atoms with Gasteiger partial charge in [-0.15, -0.1) is 0 Å². The minimum Gasteiger partial charge on any atom is -0.444 e. The third-order valence-corrected chi connectivity index (χ3v) is 4.44. The highest BCUT2D eigenvalue weighted by Crippen LogP contribution is 2.30. The molecule has 2 rings (SSSR count). The summed E-state index contributed by atoms with van der Waals surface area (Å²) in [6.45, 7) is 7.23. The molecule has 0 aromatic rings. The highest BCUT2D eigenvalue weighted by molar-refractivity contribution is 5.87. The molecular formula is C19H31N3O4. The Morgan fingerprint density at radius 2 is 1.73 bits per heavy atom. The predicted molar refractivity (Wildman–Crippen MR) is 98.4 cm³/mol. The van der Waals surface area contributed by atoms with E-state index in [9.17, 15) is 14.4 Å². The number of amides is 3. The van der Waals surface area contributed by atoms with E-state index < -0.39 is 11.7 Å². The number of piperidine rings is 1. The summed E-state index contributed by atoms with van der Waals surface area (Å²) in [5, 5.41) is 5.28. The Balaban J connectivity index is 1.58. The second-order valence-corrected chi connectivity index (χ2v) is 8.12. The summed E-state index contributed by atoms with van der Waals surface area (Å²) in [5.41, 5.74) is -0.584. The lowest BCUT2D eigenvalue weighted by Gasteiger charge is -2.31. The van der Waals surface area contributed by atoms with Gasteiger partial charge in [-0.05, 0) is 64.4 Å². The molecule has 7 heteroatoms. The van der Waals surface area contributed by atoms with Crippen LogP contribution >= 0.6 is 0 Å². The van der Waals surface area contributed by atoms with Crippen LogP contribution in [0.5, 0.6) is 0 Å². The van der Waals surface area contributed by atoms with Crippen molar-refractivity contribution in [1.82, 2.24) is 15.5 Å². The maximum atomic E-state index is 12.1. The average molecular weight is 365 g/mol. The highest BCUT2D eigenvalue weighted by Gasteiger charge is 2.23. The first-order valence-corrected chi connectivity index (χ1v) is 9.43. The minimum absolute atomic E-state index is 0.0981. The molecular weight excluding hydrogens is 334 g/mol. The molecule has 1 aliphatic heterocycles. The second-order valence-electron chi connectivity index (χ2n) is 8.12. The Bertz CT molecular complexity index is 541. The lowest BCUT2D eigenvalue weighted by Crippen LogP contribution is -2.43. The fourth-order valence-electron chi connectivity index (χ4n) is 2.76. The van der Waals surface area contributed by atoms with Gasteiger partial charge in [0.2, 0.25) is 11.8 Å². The number of carbonyl (C=O) groups excluding carboxylic acids is 3. The van der Waals surface area contributed by atoms with Gasteiger partial charge in [0.15, 0.2) is 0 Å². The van der Waals surface area contributed by atoms with Crippen LogP contribution in [0.15, 0.2) is 12.2 Å². The van der Waals surface area contributed by atoms with Gasteiger partial charge in [0.1, 0.15) is 5.60 Å². The van der Waals surface area contributed by atoms with Crippen molar-refractivity contribution in [2.24, 2.45) is 11.8 Å². The molecule has 0 aromatic carbocycles. The number of allylic oxidation sites excluding steroid dienone is 1. The van der Waals surface area contributed by atoms with Gasteiger partial charge < -0.3 is 20.3 Å². The number of alkyl carbamates (subject to hydrolysis) is 1. The quantitative estimate of drug-likeness (QED) is 0.703. The first-order chi connectivity index (χ1) is 12.2. The maximum absolute atomic E-state index is 12.1. The molecule has 0 aromatic heterocycles. The van der Waals surface area contributed by atoms with Gasteiger partial charge in [0.25, 0.3) is 0 Å². The number of hydrogen-bond acceptors (Lipinski definition) is 4. The van der Waals surface area contributed by atoms with E-state index in [2.05, 4.69) is 10.6 Å². The van der Waals surface area contributed by atoms with E-state index in [4.69, 9.17) is 4.74 Å². The van der Waals surface area contributed by atoms with Gasteiger partial charge in [0, 0.05) is 19.6 Å². The van der Waals surface area contributed by atoms with Gasteiger partial charge in [-0.3, -0.25) is 9.59 Å². The lowest BCUT2D eigenvalue weighted by atomic mass is 9.96. The van der Waals surface area contributed by atoms with Crippen molar-refractivity contribution in [2.45, 2.75) is 52.1 Å². The SMILES string of the molecule is CC(C)(C)OC(=O)NCC(=O)NCC1CCN(C(=O)/C=C/C2CC2)CC1. The molecule has 3 amide bonds. The standard InChI is InChI=1S/C19H31N3O4/c1-19(2,3)26-18(25)21-13-16(23)20-12-15-8-10-22(11-9-15)17(24)7-6-14-4-5-14/h6-7,14-15H,4-5,8-13H2,1-3H3,(H,20,23)(H,21,25)/b7-6+. The molecule has 1 saturated heterocycles. The van der Waals surface area contributed by atoms with E-state index in [0.29, 0.717) is 18.4 Å². The number of nitrogens with one attached hydrogen (secondary N) is 2. The van der Waals surface area contributed by atoms with Crippen LogP contribution in [-0.2, 0) is 14.3 Å². The number of ether oxygens (including phenoxy) is 1. The molecule has 1 saturated carbocycles. The summed E-state index contributed by atoms with van der Waals surface area (Å²) >= 11 is 0. The van der Waals surface area contributed by atoms with Gasteiger partial charge in [0.05, 0.1) is 6.54 Å². The third kappa shape index (κ3) is 7.89. The topological polar surface area (TPSA) is 87.7 Å². The average Bonchev–Trinajstić information content (AvgIpc) is 3.39. The number of nitrogens with zero attached hydrogens (tertiary/aromatic N) is 1. The van der Waals surface area contributed by atoms with E-state index in [1.165, 1.54) is 12.8 Å². The molecule has 0 radical (unpaired) electrons. The summed E-state index contributed by atoms with van der Waals surface area (Å²) in [6.07, 6.45) is 7.29. The molecule has 0 bridgehead atoms. The minimum atomic E-state index is -0.598. The zero-order valence-corrected chi connectivity index (χ0v) is 16.0. The van der Waals surface area contributed by atoms with Crippen LogP contribution < -0.4 is 10.6 Å². The zero-order chi connectivity index (χ0) is 19.2. The number of likely N-dealkylation sites (tertiary alicyclic amines) is 1. The smallest absolute Gasteiger partial charge is 0.408 e. The molecule has 0 atom stereocenters. The monoisotopic (exact) mass is 365 g/mol. The number of hydrogen-bond donors (Lipinski definition) is 2. The molecule has 1 aliphatic carbocycles. The van der Waals surface area contributed by atoms with E-state index in [1.54, 1.807) is 26.8 Å². The molecule has 7 nitrogen and oxygen atoms in total. The zero-order valence-electron chi connectivity index (χ0n) is 16.0. The van der Waals surface area contributed by atoms with E-state index in [1.807, 2.05) is 11.0 Å². The third-order valence-electron chi connectivity index (χ3n) is 4.44. The largest absolute Gasteiger partial charge is 0.444 e. The molecule has 0 unspecified atom stereocenters. The van der Waals surface area contributed by atoms with Gasteiger partial charge >= 0.3 is 6.09 Å². The van der Waals surface area contributed by atoms with Crippen LogP contribution in [0.2, 0.25) is 0 Å². The molecule has 2 fully saturated rings. The normalized spacial score (nSPS) is 18.7.